The highest BCUT2D eigenvalue weighted by atomic mass is 16.5. The van der Waals surface area contributed by atoms with E-state index in [1.54, 1.807) is 0 Å². The molecule has 4 unspecified atom stereocenters. The van der Waals surface area contributed by atoms with Gasteiger partial charge < -0.3 is 14.7 Å². The molecular formula is C45H72N4O6. The average Bonchev–Trinajstić information content (AvgIpc) is 3.32. The van der Waals surface area contributed by atoms with Crippen LogP contribution in [0.1, 0.15) is 155 Å². The van der Waals surface area contributed by atoms with Crippen LogP contribution in [0.25, 0.3) is 0 Å². The zero-order valence-corrected chi connectivity index (χ0v) is 34.0. The Morgan fingerprint density at radius 2 is 1.44 bits per heavy atom. The predicted octanol–water partition coefficient (Wildman–Crippen LogP) is 6.54. The van der Waals surface area contributed by atoms with E-state index in [0.29, 0.717) is 30.9 Å². The van der Waals surface area contributed by atoms with Crippen LogP contribution in [0.15, 0.2) is 11.1 Å². The van der Waals surface area contributed by atoms with Gasteiger partial charge in [-0.25, -0.2) is 0 Å². The molecule has 2 N–H and O–H groups in total. The number of fused-ring (bicyclic) bond motifs is 1. The fraction of sp³-hybridized carbons (Fsp3) is 0.867. The standard InChI is InChI=1S/C45H72N4O6/c1-2-37(31-10-5-3-6-11-31)42(32-12-17-35(50)18-13-32)33-14-19-36(20-15-33)55-29-8-4-7-24-47-25-9-26-48(28-27-47)34-16-21-38-39(30-34)45(54)49(44(38)53)40-22-23-41(51)46-43(40)52/h31-36,38-40,50H,2-30H2,1H3,(H,46,51,52)/b42-37-. The summed E-state index contributed by atoms with van der Waals surface area (Å²) in [5.74, 6) is 0.287. The zero-order chi connectivity index (χ0) is 38.3. The molecule has 3 aliphatic heterocycles. The maximum Gasteiger partial charge on any atom is 0.249 e. The minimum atomic E-state index is -0.843. The second-order valence-electron chi connectivity index (χ2n) is 18.5. The minimum Gasteiger partial charge on any atom is -0.393 e. The number of piperidine rings is 1. The Bertz CT molecular complexity index is 1360. The lowest BCUT2D eigenvalue weighted by atomic mass is 9.68. The number of carbonyl (C=O) groups excluding carboxylic acids is 4. The van der Waals surface area contributed by atoms with E-state index < -0.39 is 11.9 Å². The van der Waals surface area contributed by atoms with Gasteiger partial charge in [0.25, 0.3) is 0 Å². The van der Waals surface area contributed by atoms with Gasteiger partial charge in [-0.2, -0.15) is 0 Å². The molecule has 7 aliphatic rings. The molecule has 0 radical (unpaired) electrons. The first-order chi connectivity index (χ1) is 26.8. The van der Waals surface area contributed by atoms with Crippen molar-refractivity contribution < 1.29 is 29.0 Å². The summed E-state index contributed by atoms with van der Waals surface area (Å²) in [5, 5.41) is 12.6. The van der Waals surface area contributed by atoms with Gasteiger partial charge in [0.15, 0.2) is 0 Å². The number of nitrogens with one attached hydrogen (secondary N) is 1. The number of unbranched alkanes of at least 4 members (excludes halogenated alkanes) is 2. The number of amides is 4. The fourth-order valence-electron chi connectivity index (χ4n) is 12.2. The SMILES string of the molecule is CC/C(=C(\C1CCC(O)CC1)C1CCC(OCCCCCN2CCCN(C3CCC4C(=O)N(C5CCC(=O)NC5=O)C(=O)C4C3)CC2)CC1)C1CCCCC1. The quantitative estimate of drug-likeness (QED) is 0.123. The largest absolute Gasteiger partial charge is 0.393 e. The molecule has 0 bridgehead atoms. The third-order valence-electron chi connectivity index (χ3n) is 15.2. The lowest BCUT2D eigenvalue weighted by Crippen LogP contribution is -2.54. The van der Waals surface area contributed by atoms with Crippen LogP contribution in [-0.4, -0.2) is 107 Å². The summed E-state index contributed by atoms with van der Waals surface area (Å²) in [7, 11) is 0. The monoisotopic (exact) mass is 765 g/mol. The molecule has 0 aromatic carbocycles. The van der Waals surface area contributed by atoms with Gasteiger partial charge in [0, 0.05) is 32.2 Å². The fourth-order valence-corrected chi connectivity index (χ4v) is 12.2. The topological polar surface area (TPSA) is 119 Å². The molecule has 308 valence electrons. The molecule has 0 aromatic heterocycles. The highest BCUT2D eigenvalue weighted by molar-refractivity contribution is 6.10. The van der Waals surface area contributed by atoms with Gasteiger partial charge in [0.1, 0.15) is 6.04 Å². The van der Waals surface area contributed by atoms with Gasteiger partial charge in [0.05, 0.1) is 24.0 Å². The first kappa shape index (κ1) is 41.0. The minimum absolute atomic E-state index is 0.0869. The number of rotatable bonds is 13. The summed E-state index contributed by atoms with van der Waals surface area (Å²) >= 11 is 0. The van der Waals surface area contributed by atoms with E-state index >= 15 is 0 Å². The van der Waals surface area contributed by atoms with Crippen LogP contribution in [0.3, 0.4) is 0 Å². The average molecular weight is 765 g/mol. The normalized spacial score (nSPS) is 35.3. The smallest absolute Gasteiger partial charge is 0.249 e. The number of carbonyl (C=O) groups is 4. The predicted molar refractivity (Wildman–Crippen MR) is 213 cm³/mol. The maximum atomic E-state index is 13.5. The Hall–Kier alpha value is -2.14. The number of imide groups is 2. The second-order valence-corrected chi connectivity index (χ2v) is 18.5. The molecule has 10 nitrogen and oxygen atoms in total. The molecule has 0 spiro atoms. The number of aliphatic hydroxyl groups is 1. The summed E-state index contributed by atoms with van der Waals surface area (Å²) in [5.41, 5.74) is 3.68. The number of aliphatic hydroxyl groups excluding tert-OH is 1. The molecule has 4 saturated carbocycles. The van der Waals surface area contributed by atoms with Crippen LogP contribution in [0.2, 0.25) is 0 Å². The van der Waals surface area contributed by atoms with Crippen molar-refractivity contribution in [3.63, 3.8) is 0 Å². The molecule has 0 aromatic rings. The van der Waals surface area contributed by atoms with Crippen LogP contribution < -0.4 is 5.32 Å². The zero-order valence-electron chi connectivity index (χ0n) is 34.0. The van der Waals surface area contributed by atoms with E-state index in [0.717, 1.165) is 83.3 Å². The Morgan fingerprint density at radius 1 is 0.709 bits per heavy atom. The maximum absolute atomic E-state index is 13.5. The van der Waals surface area contributed by atoms with E-state index in [9.17, 15) is 24.3 Å². The van der Waals surface area contributed by atoms with Crippen LogP contribution in [0, 0.1) is 29.6 Å². The van der Waals surface area contributed by atoms with E-state index in [4.69, 9.17) is 4.74 Å². The summed E-state index contributed by atoms with van der Waals surface area (Å²) < 4.78 is 6.51. The van der Waals surface area contributed by atoms with Gasteiger partial charge in [-0.15, -0.1) is 0 Å². The Labute approximate surface area is 330 Å². The van der Waals surface area contributed by atoms with Gasteiger partial charge in [-0.05, 0) is 159 Å². The van der Waals surface area contributed by atoms with Crippen molar-refractivity contribution in [3.8, 4) is 0 Å². The third-order valence-corrected chi connectivity index (χ3v) is 15.2. The summed E-state index contributed by atoms with van der Waals surface area (Å²) in [6.07, 6.45) is 25.1. The summed E-state index contributed by atoms with van der Waals surface area (Å²) in [6, 6.07) is -0.550. The molecule has 3 heterocycles. The molecular weight excluding hydrogens is 693 g/mol. The molecule has 55 heavy (non-hydrogen) atoms. The van der Waals surface area contributed by atoms with Crippen molar-refractivity contribution in [2.75, 3.05) is 39.3 Å². The third kappa shape index (κ3) is 9.94. The number of hydrogen-bond donors (Lipinski definition) is 2. The van der Waals surface area contributed by atoms with Gasteiger partial charge in [0.2, 0.25) is 23.6 Å². The van der Waals surface area contributed by atoms with Gasteiger partial charge >= 0.3 is 0 Å². The van der Waals surface area contributed by atoms with Crippen molar-refractivity contribution in [1.82, 2.24) is 20.0 Å². The van der Waals surface area contributed by atoms with Crippen molar-refractivity contribution >= 4 is 23.6 Å². The number of hydrogen-bond acceptors (Lipinski definition) is 8. The number of ether oxygens (including phenoxy) is 1. The summed E-state index contributed by atoms with van der Waals surface area (Å²) in [4.78, 5) is 57.3. The Morgan fingerprint density at radius 3 is 2.16 bits per heavy atom. The Kier molecular flexibility index (Phi) is 14.6. The highest BCUT2D eigenvalue weighted by Gasteiger charge is 2.54. The van der Waals surface area contributed by atoms with E-state index in [1.165, 1.54) is 94.8 Å². The van der Waals surface area contributed by atoms with Crippen LogP contribution >= 0.6 is 0 Å². The van der Waals surface area contributed by atoms with E-state index in [1.807, 2.05) is 11.1 Å². The van der Waals surface area contributed by atoms with Crippen molar-refractivity contribution in [3.05, 3.63) is 11.1 Å². The second kappa shape index (κ2) is 19.5. The number of allylic oxidation sites excluding steroid dienone is 2. The van der Waals surface area contributed by atoms with E-state index in [2.05, 4.69) is 22.0 Å². The number of likely N-dealkylation sites (tertiary alicyclic amines) is 1. The molecule has 10 heteroatoms. The summed E-state index contributed by atoms with van der Waals surface area (Å²) in [6.45, 7) is 8.57. The Balaban J connectivity index is 0.797. The lowest BCUT2D eigenvalue weighted by molar-refractivity contribution is -0.151. The van der Waals surface area contributed by atoms with Crippen molar-refractivity contribution in [1.29, 1.82) is 0 Å². The molecule has 4 amide bonds. The van der Waals surface area contributed by atoms with Crippen LogP contribution in [-0.2, 0) is 23.9 Å². The highest BCUT2D eigenvalue weighted by Crippen LogP contribution is 2.46. The first-order valence-corrected chi connectivity index (χ1v) is 23.0. The molecule has 3 saturated heterocycles. The first-order valence-electron chi connectivity index (χ1n) is 23.0. The van der Waals surface area contributed by atoms with Gasteiger partial charge in [-0.3, -0.25) is 34.3 Å². The molecule has 7 rings (SSSR count). The van der Waals surface area contributed by atoms with Gasteiger partial charge in [-0.1, -0.05) is 37.3 Å². The van der Waals surface area contributed by atoms with Crippen molar-refractivity contribution in [2.45, 2.75) is 179 Å². The number of nitrogens with zero attached hydrogens (tertiary/aromatic N) is 3. The lowest BCUT2D eigenvalue weighted by Gasteiger charge is -2.39. The molecule has 7 fully saturated rings. The molecule has 4 atom stereocenters. The van der Waals surface area contributed by atoms with Crippen LogP contribution in [0.5, 0.6) is 0 Å². The van der Waals surface area contributed by atoms with Crippen LogP contribution in [0.4, 0.5) is 0 Å². The van der Waals surface area contributed by atoms with E-state index in [-0.39, 0.29) is 48.5 Å². The molecule has 4 aliphatic carbocycles. The van der Waals surface area contributed by atoms with Crippen molar-refractivity contribution in [2.24, 2.45) is 29.6 Å².